The minimum Gasteiger partial charge on any atom is -0.478 e. The van der Waals surface area contributed by atoms with E-state index in [0.29, 0.717) is 16.3 Å². The third kappa shape index (κ3) is 3.72. The average molecular weight is 297 g/mol. The van der Waals surface area contributed by atoms with Crippen molar-refractivity contribution in [2.45, 2.75) is 10.6 Å². The molecule has 2 rings (SSSR count). The van der Waals surface area contributed by atoms with Crippen molar-refractivity contribution in [2.24, 2.45) is 0 Å². The van der Waals surface area contributed by atoms with E-state index in [0.717, 1.165) is 4.90 Å². The van der Waals surface area contributed by atoms with Crippen LogP contribution in [0.15, 0.2) is 47.4 Å². The van der Waals surface area contributed by atoms with Crippen LogP contribution in [-0.4, -0.2) is 11.1 Å². The SMILES string of the molecule is O=C(O)c1ccc(SCc2cc(F)ccc2Cl)cc1. The van der Waals surface area contributed by atoms with Gasteiger partial charge in [-0.3, -0.25) is 0 Å². The number of carboxylic acids is 1. The van der Waals surface area contributed by atoms with E-state index < -0.39 is 5.97 Å². The summed E-state index contributed by atoms with van der Waals surface area (Å²) < 4.78 is 13.1. The van der Waals surface area contributed by atoms with Gasteiger partial charge in [0.15, 0.2) is 0 Å². The summed E-state index contributed by atoms with van der Waals surface area (Å²) >= 11 is 7.44. The first-order chi connectivity index (χ1) is 9.06. The Kier molecular flexibility index (Phi) is 4.45. The Balaban J connectivity index is 2.06. The molecular weight excluding hydrogens is 287 g/mol. The molecule has 5 heteroatoms. The molecule has 2 nitrogen and oxygen atoms in total. The molecule has 0 radical (unpaired) electrons. The lowest BCUT2D eigenvalue weighted by Crippen LogP contribution is -1.94. The Morgan fingerprint density at radius 3 is 2.53 bits per heavy atom. The number of halogens is 2. The summed E-state index contributed by atoms with van der Waals surface area (Å²) in [4.78, 5) is 11.6. The lowest BCUT2D eigenvalue weighted by Gasteiger charge is -2.05. The van der Waals surface area contributed by atoms with E-state index in [2.05, 4.69) is 0 Å². The van der Waals surface area contributed by atoms with Crippen molar-refractivity contribution >= 4 is 29.3 Å². The number of carboxylic acid groups (broad SMARTS) is 1. The van der Waals surface area contributed by atoms with Crippen molar-refractivity contribution in [1.29, 1.82) is 0 Å². The summed E-state index contributed by atoms with van der Waals surface area (Å²) in [6.45, 7) is 0. The standard InChI is InChI=1S/C14H10ClFO2S/c15-13-6-3-11(16)7-10(13)8-19-12-4-1-9(2-5-12)14(17)18/h1-7H,8H2,(H,17,18). The third-order valence-corrected chi connectivity index (χ3v) is 3.93. The fourth-order valence-corrected chi connectivity index (χ4v) is 2.66. The van der Waals surface area contributed by atoms with Crippen molar-refractivity contribution in [3.05, 3.63) is 64.4 Å². The molecule has 0 unspecified atom stereocenters. The Morgan fingerprint density at radius 2 is 1.89 bits per heavy atom. The van der Waals surface area contributed by atoms with Gasteiger partial charge >= 0.3 is 5.97 Å². The van der Waals surface area contributed by atoms with Crippen molar-refractivity contribution in [3.63, 3.8) is 0 Å². The first-order valence-corrected chi connectivity index (χ1v) is 6.83. The van der Waals surface area contributed by atoms with Crippen LogP contribution in [0.1, 0.15) is 15.9 Å². The third-order valence-electron chi connectivity index (χ3n) is 2.50. The maximum absolute atomic E-state index is 13.1. The highest BCUT2D eigenvalue weighted by Gasteiger charge is 2.05. The minimum absolute atomic E-state index is 0.244. The summed E-state index contributed by atoms with van der Waals surface area (Å²) in [6, 6.07) is 10.8. The molecule has 0 aliphatic carbocycles. The van der Waals surface area contributed by atoms with Crippen LogP contribution in [0.4, 0.5) is 4.39 Å². The molecule has 0 aliphatic heterocycles. The highest BCUT2D eigenvalue weighted by atomic mass is 35.5. The smallest absolute Gasteiger partial charge is 0.335 e. The Hall–Kier alpha value is -1.52. The van der Waals surface area contributed by atoms with E-state index in [4.69, 9.17) is 16.7 Å². The molecule has 19 heavy (non-hydrogen) atoms. The number of rotatable bonds is 4. The normalized spacial score (nSPS) is 10.4. The van der Waals surface area contributed by atoms with Gasteiger partial charge in [-0.05, 0) is 48.0 Å². The fraction of sp³-hybridized carbons (Fsp3) is 0.0714. The average Bonchev–Trinajstić information content (AvgIpc) is 2.40. The van der Waals surface area contributed by atoms with Crippen LogP contribution in [0.2, 0.25) is 5.02 Å². The maximum Gasteiger partial charge on any atom is 0.335 e. The van der Waals surface area contributed by atoms with Crippen LogP contribution in [0.3, 0.4) is 0 Å². The van der Waals surface area contributed by atoms with E-state index in [1.54, 1.807) is 12.1 Å². The second-order valence-corrected chi connectivity index (χ2v) is 5.31. The quantitative estimate of drug-likeness (QED) is 0.846. The highest BCUT2D eigenvalue weighted by molar-refractivity contribution is 7.98. The molecule has 0 spiro atoms. The van der Waals surface area contributed by atoms with Crippen LogP contribution in [0.5, 0.6) is 0 Å². The second-order valence-electron chi connectivity index (χ2n) is 3.85. The predicted molar refractivity (Wildman–Crippen MR) is 74.4 cm³/mol. The number of carbonyl (C=O) groups is 1. The van der Waals surface area contributed by atoms with Crippen LogP contribution in [0, 0.1) is 5.82 Å². The van der Waals surface area contributed by atoms with Gasteiger partial charge < -0.3 is 5.11 Å². The van der Waals surface area contributed by atoms with Crippen molar-refractivity contribution in [2.75, 3.05) is 0 Å². The Morgan fingerprint density at radius 1 is 1.21 bits per heavy atom. The van der Waals surface area contributed by atoms with E-state index in [-0.39, 0.29) is 11.4 Å². The first kappa shape index (κ1) is 13.9. The molecule has 0 aliphatic rings. The van der Waals surface area contributed by atoms with Gasteiger partial charge in [0.1, 0.15) is 5.82 Å². The van der Waals surface area contributed by atoms with Crippen LogP contribution in [-0.2, 0) is 5.75 Å². The maximum atomic E-state index is 13.1. The molecule has 0 saturated carbocycles. The van der Waals surface area contributed by atoms with Gasteiger partial charge in [-0.2, -0.15) is 0 Å². The molecule has 0 aromatic heterocycles. The lowest BCUT2D eigenvalue weighted by atomic mass is 10.2. The largest absolute Gasteiger partial charge is 0.478 e. The molecule has 0 atom stereocenters. The van der Waals surface area contributed by atoms with Crippen LogP contribution < -0.4 is 0 Å². The molecule has 0 amide bonds. The number of hydrogen-bond donors (Lipinski definition) is 1. The Bertz CT molecular complexity index is 599. The highest BCUT2D eigenvalue weighted by Crippen LogP contribution is 2.27. The van der Waals surface area contributed by atoms with Gasteiger partial charge in [0.2, 0.25) is 0 Å². The van der Waals surface area contributed by atoms with Gasteiger partial charge in [-0.15, -0.1) is 11.8 Å². The van der Waals surface area contributed by atoms with Crippen molar-refractivity contribution < 1.29 is 14.3 Å². The summed E-state index contributed by atoms with van der Waals surface area (Å²) in [5, 5.41) is 9.31. The molecule has 0 fully saturated rings. The molecule has 98 valence electrons. The molecule has 1 N–H and O–H groups in total. The van der Waals surface area contributed by atoms with Gasteiger partial charge in [-0.1, -0.05) is 11.6 Å². The van der Waals surface area contributed by atoms with E-state index in [9.17, 15) is 9.18 Å². The van der Waals surface area contributed by atoms with Crippen molar-refractivity contribution in [1.82, 2.24) is 0 Å². The zero-order valence-electron chi connectivity index (χ0n) is 9.77. The van der Waals surface area contributed by atoms with Gasteiger partial charge in [0.25, 0.3) is 0 Å². The van der Waals surface area contributed by atoms with Crippen molar-refractivity contribution in [3.8, 4) is 0 Å². The van der Waals surface area contributed by atoms with Crippen LogP contribution >= 0.6 is 23.4 Å². The topological polar surface area (TPSA) is 37.3 Å². The summed E-state index contributed by atoms with van der Waals surface area (Å²) in [5.41, 5.74) is 0.960. The molecule has 0 heterocycles. The van der Waals surface area contributed by atoms with E-state index >= 15 is 0 Å². The van der Waals surface area contributed by atoms with Gasteiger partial charge in [-0.25, -0.2) is 9.18 Å². The van der Waals surface area contributed by atoms with E-state index in [1.165, 1.54) is 42.1 Å². The fourth-order valence-electron chi connectivity index (χ4n) is 1.51. The molecule has 0 saturated heterocycles. The van der Waals surface area contributed by atoms with Crippen LogP contribution in [0.25, 0.3) is 0 Å². The summed E-state index contributed by atoms with van der Waals surface area (Å²) in [7, 11) is 0. The number of hydrogen-bond acceptors (Lipinski definition) is 2. The van der Waals surface area contributed by atoms with E-state index in [1.807, 2.05) is 0 Å². The summed E-state index contributed by atoms with van der Waals surface area (Å²) in [5.74, 6) is -0.742. The number of benzene rings is 2. The number of aromatic carboxylic acids is 1. The molecule has 0 bridgehead atoms. The molecular formula is C14H10ClFO2S. The lowest BCUT2D eigenvalue weighted by molar-refractivity contribution is 0.0697. The first-order valence-electron chi connectivity index (χ1n) is 5.46. The molecule has 2 aromatic rings. The zero-order valence-corrected chi connectivity index (χ0v) is 11.3. The van der Waals surface area contributed by atoms with Gasteiger partial charge in [0, 0.05) is 15.7 Å². The monoisotopic (exact) mass is 296 g/mol. The number of thioether (sulfide) groups is 1. The van der Waals surface area contributed by atoms with Gasteiger partial charge in [0.05, 0.1) is 5.56 Å². The summed E-state index contributed by atoms with van der Waals surface area (Å²) in [6.07, 6.45) is 0. The Labute approximate surface area is 119 Å². The predicted octanol–water partition coefficient (Wildman–Crippen LogP) is 4.47. The molecule has 2 aromatic carbocycles. The minimum atomic E-state index is -0.954. The zero-order chi connectivity index (χ0) is 13.8. The second kappa shape index (κ2) is 6.08.